The molecule has 0 saturated carbocycles. The Bertz CT molecular complexity index is 914. The number of fused-ring (bicyclic) bond motifs is 2. The van der Waals surface area contributed by atoms with Gasteiger partial charge in [0, 0.05) is 28.6 Å². The van der Waals surface area contributed by atoms with Crippen molar-refractivity contribution in [2.24, 2.45) is 0 Å². The van der Waals surface area contributed by atoms with E-state index in [1.54, 1.807) is 12.1 Å². The van der Waals surface area contributed by atoms with Crippen molar-refractivity contribution in [3.63, 3.8) is 0 Å². The lowest BCUT2D eigenvalue weighted by Crippen LogP contribution is -2.03. The Labute approximate surface area is 139 Å². The van der Waals surface area contributed by atoms with Crippen molar-refractivity contribution in [2.45, 2.75) is 12.8 Å². The number of nitro benzene ring substituents is 1. The second kappa shape index (κ2) is 6.27. The number of hydrogen-bond donors (Lipinski definition) is 2. The Kier molecular flexibility index (Phi) is 4.14. The number of anilines is 2. The summed E-state index contributed by atoms with van der Waals surface area (Å²) in [6, 6.07) is 7.02. The van der Waals surface area contributed by atoms with Crippen LogP contribution in [0.2, 0.25) is 0 Å². The topological polar surface area (TPSA) is 101 Å². The van der Waals surface area contributed by atoms with Gasteiger partial charge in [-0.2, -0.15) is 4.39 Å². The lowest BCUT2D eigenvalue weighted by atomic mass is 10.1. The number of rotatable bonds is 1. The van der Waals surface area contributed by atoms with Gasteiger partial charge in [0.1, 0.15) is 5.82 Å². The van der Waals surface area contributed by atoms with Gasteiger partial charge in [-0.15, -0.1) is 0 Å². The summed E-state index contributed by atoms with van der Waals surface area (Å²) in [7, 11) is 0. The van der Waals surface area contributed by atoms with E-state index in [9.17, 15) is 28.5 Å². The maximum Gasteiger partial charge on any atom is 0.305 e. The van der Waals surface area contributed by atoms with Crippen LogP contribution < -0.4 is 10.6 Å². The van der Waals surface area contributed by atoms with Gasteiger partial charge in [0.2, 0.25) is 17.6 Å². The second-order valence-electron chi connectivity index (χ2n) is 5.40. The summed E-state index contributed by atoms with van der Waals surface area (Å²) in [5.74, 6) is -1.71. The number of halogens is 2. The molecule has 0 unspecified atom stereocenters. The second-order valence-corrected chi connectivity index (χ2v) is 5.40. The summed E-state index contributed by atoms with van der Waals surface area (Å²) in [6.07, 6.45) is 0.0326. The SMILES string of the molecule is O=C1Cc2c(F)cccc2N1.O=C1Cc2c(ccc([N+](=O)[O-])c2F)N1. The highest BCUT2D eigenvalue weighted by Gasteiger charge is 2.27. The lowest BCUT2D eigenvalue weighted by Gasteiger charge is -1.99. The fourth-order valence-electron chi connectivity index (χ4n) is 2.61. The van der Waals surface area contributed by atoms with Crippen LogP contribution >= 0.6 is 0 Å². The monoisotopic (exact) mass is 347 g/mol. The summed E-state index contributed by atoms with van der Waals surface area (Å²) in [5, 5.41) is 15.3. The summed E-state index contributed by atoms with van der Waals surface area (Å²) < 4.78 is 26.2. The molecule has 4 rings (SSSR count). The maximum absolute atomic E-state index is 13.4. The van der Waals surface area contributed by atoms with E-state index in [-0.39, 0.29) is 36.0 Å². The highest BCUT2D eigenvalue weighted by atomic mass is 19.1. The fourth-order valence-corrected chi connectivity index (χ4v) is 2.61. The summed E-state index contributed by atoms with van der Waals surface area (Å²) in [4.78, 5) is 31.2. The average Bonchev–Trinajstić information content (AvgIpc) is 3.11. The first-order valence-corrected chi connectivity index (χ1v) is 7.19. The average molecular weight is 347 g/mol. The van der Waals surface area contributed by atoms with E-state index < -0.39 is 16.4 Å². The molecule has 0 radical (unpaired) electrons. The van der Waals surface area contributed by atoms with Crippen molar-refractivity contribution >= 4 is 28.9 Å². The molecule has 0 atom stereocenters. The fraction of sp³-hybridized carbons (Fsp3) is 0.125. The van der Waals surface area contributed by atoms with Gasteiger partial charge in [-0.05, 0) is 18.2 Å². The number of amides is 2. The normalized spacial score (nSPS) is 14.0. The number of benzene rings is 2. The molecule has 7 nitrogen and oxygen atoms in total. The van der Waals surface area contributed by atoms with Crippen LogP contribution in [0.1, 0.15) is 11.1 Å². The van der Waals surface area contributed by atoms with Crippen LogP contribution in [-0.4, -0.2) is 16.7 Å². The van der Waals surface area contributed by atoms with Gasteiger partial charge in [0.15, 0.2) is 0 Å². The minimum Gasteiger partial charge on any atom is -0.325 e. The molecule has 2 amide bonds. The zero-order chi connectivity index (χ0) is 18.1. The van der Waals surface area contributed by atoms with Crippen LogP contribution in [0.25, 0.3) is 0 Å². The number of carbonyl (C=O) groups is 2. The maximum atomic E-state index is 13.4. The smallest absolute Gasteiger partial charge is 0.305 e. The molecule has 0 aromatic heterocycles. The van der Waals surface area contributed by atoms with E-state index in [0.717, 1.165) is 6.07 Å². The zero-order valence-corrected chi connectivity index (χ0v) is 12.6. The molecule has 0 aliphatic carbocycles. The molecule has 25 heavy (non-hydrogen) atoms. The molecule has 9 heteroatoms. The van der Waals surface area contributed by atoms with Gasteiger partial charge in [0.05, 0.1) is 17.8 Å². The highest BCUT2D eigenvalue weighted by molar-refractivity contribution is 5.99. The molecular formula is C16H11F2N3O4. The van der Waals surface area contributed by atoms with Gasteiger partial charge in [-0.25, -0.2) is 4.39 Å². The van der Waals surface area contributed by atoms with Crippen LogP contribution in [-0.2, 0) is 22.4 Å². The number of nitrogens with zero attached hydrogens (tertiary/aromatic N) is 1. The first-order valence-electron chi connectivity index (χ1n) is 7.19. The molecule has 2 aliphatic rings. The molecule has 0 spiro atoms. The van der Waals surface area contributed by atoms with Crippen molar-refractivity contribution in [1.82, 2.24) is 0 Å². The van der Waals surface area contributed by atoms with E-state index in [1.807, 2.05) is 0 Å². The minimum atomic E-state index is -0.925. The Morgan fingerprint density at radius 3 is 2.12 bits per heavy atom. The predicted molar refractivity (Wildman–Crippen MR) is 84.1 cm³/mol. The molecule has 2 aromatic rings. The zero-order valence-electron chi connectivity index (χ0n) is 12.6. The Balaban J connectivity index is 0.000000150. The van der Waals surface area contributed by atoms with Gasteiger partial charge in [-0.1, -0.05) is 6.07 Å². The number of carbonyl (C=O) groups excluding carboxylic acids is 2. The Hall–Kier alpha value is -3.36. The van der Waals surface area contributed by atoms with Gasteiger partial charge in [-0.3, -0.25) is 19.7 Å². The van der Waals surface area contributed by atoms with Crippen molar-refractivity contribution in [1.29, 1.82) is 0 Å². The number of hydrogen-bond acceptors (Lipinski definition) is 4. The molecule has 0 bridgehead atoms. The summed E-state index contributed by atoms with van der Waals surface area (Å²) >= 11 is 0. The molecule has 2 N–H and O–H groups in total. The van der Waals surface area contributed by atoms with Crippen LogP contribution in [0.15, 0.2) is 30.3 Å². The van der Waals surface area contributed by atoms with Crippen molar-refractivity contribution in [3.8, 4) is 0 Å². The third kappa shape index (κ3) is 3.16. The van der Waals surface area contributed by atoms with Crippen LogP contribution in [0.5, 0.6) is 0 Å². The van der Waals surface area contributed by atoms with Crippen LogP contribution in [0.3, 0.4) is 0 Å². The van der Waals surface area contributed by atoms with E-state index in [4.69, 9.17) is 0 Å². The molecule has 0 fully saturated rings. The number of nitrogens with one attached hydrogen (secondary N) is 2. The molecule has 2 heterocycles. The molecule has 2 aromatic carbocycles. The third-order valence-corrected chi connectivity index (χ3v) is 3.76. The Morgan fingerprint density at radius 1 is 0.920 bits per heavy atom. The molecular weight excluding hydrogens is 336 g/mol. The van der Waals surface area contributed by atoms with Crippen molar-refractivity contribution in [3.05, 3.63) is 63.2 Å². The van der Waals surface area contributed by atoms with Crippen LogP contribution in [0, 0.1) is 21.7 Å². The van der Waals surface area contributed by atoms with E-state index in [2.05, 4.69) is 10.6 Å². The van der Waals surface area contributed by atoms with E-state index in [1.165, 1.54) is 12.1 Å². The van der Waals surface area contributed by atoms with Crippen molar-refractivity contribution in [2.75, 3.05) is 10.6 Å². The predicted octanol–water partition coefficient (Wildman–Crippen LogP) is 2.55. The quantitative estimate of drug-likeness (QED) is 0.611. The largest absolute Gasteiger partial charge is 0.325 e. The van der Waals surface area contributed by atoms with E-state index >= 15 is 0 Å². The third-order valence-electron chi connectivity index (χ3n) is 3.76. The highest BCUT2D eigenvalue weighted by Crippen LogP contribution is 2.31. The minimum absolute atomic E-state index is 0.0733. The molecule has 0 saturated heterocycles. The summed E-state index contributed by atoms with van der Waals surface area (Å²) in [5.41, 5.74) is 0.884. The number of nitro groups is 1. The Morgan fingerprint density at radius 2 is 1.52 bits per heavy atom. The van der Waals surface area contributed by atoms with E-state index in [0.29, 0.717) is 16.9 Å². The first kappa shape index (κ1) is 16.5. The summed E-state index contributed by atoms with van der Waals surface area (Å²) in [6.45, 7) is 0. The van der Waals surface area contributed by atoms with Crippen molar-refractivity contribution < 1.29 is 23.3 Å². The first-order chi connectivity index (χ1) is 11.9. The van der Waals surface area contributed by atoms with Gasteiger partial charge < -0.3 is 10.6 Å². The van der Waals surface area contributed by atoms with Crippen LogP contribution in [0.4, 0.5) is 25.8 Å². The standard InChI is InChI=1S/C8H5FN2O3.C8H6FNO/c9-8-4-3-7(12)10-5(4)1-2-6(8)11(13)14;9-6-2-1-3-7-5(6)4-8(11)10-7/h1-2H,3H2,(H,10,12);1-3H,4H2,(H,10,11). The lowest BCUT2D eigenvalue weighted by molar-refractivity contribution is -0.387. The molecule has 2 aliphatic heterocycles. The van der Waals surface area contributed by atoms with Gasteiger partial charge in [0.25, 0.3) is 0 Å². The molecule has 128 valence electrons. The van der Waals surface area contributed by atoms with Gasteiger partial charge >= 0.3 is 5.69 Å².